The molecule has 3 rings (SSSR count). The van der Waals surface area contributed by atoms with Crippen LogP contribution < -0.4 is 4.74 Å². The summed E-state index contributed by atoms with van der Waals surface area (Å²) < 4.78 is 11.4. The fourth-order valence-corrected chi connectivity index (χ4v) is 3.74. The van der Waals surface area contributed by atoms with Gasteiger partial charge in [-0.3, -0.25) is 0 Å². The van der Waals surface area contributed by atoms with Crippen molar-refractivity contribution in [2.45, 2.75) is 43.8 Å². The number of rotatable bonds is 5. The molecule has 24 heavy (non-hydrogen) atoms. The summed E-state index contributed by atoms with van der Waals surface area (Å²) in [6, 6.07) is 18.2. The summed E-state index contributed by atoms with van der Waals surface area (Å²) in [6.45, 7) is 2.62. The minimum absolute atomic E-state index is 0.293. The standard InChI is InChI=1S/C21H26O3/c1-3-24-19-11-9-17(10-12-19)20(22)13-15-21(23-2,16-14-20)18-7-5-4-6-8-18/h4-12,22H,3,13-16H2,1-2H3. The Morgan fingerprint density at radius 2 is 1.50 bits per heavy atom. The zero-order valence-corrected chi connectivity index (χ0v) is 14.5. The molecule has 3 heteroatoms. The molecule has 1 aliphatic rings. The van der Waals surface area contributed by atoms with Crippen LogP contribution in [0.4, 0.5) is 0 Å². The fourth-order valence-electron chi connectivity index (χ4n) is 3.74. The first-order chi connectivity index (χ1) is 11.6. The molecular weight excluding hydrogens is 300 g/mol. The maximum atomic E-state index is 11.1. The maximum absolute atomic E-state index is 11.1. The second-order valence-corrected chi connectivity index (χ2v) is 6.55. The van der Waals surface area contributed by atoms with Crippen molar-refractivity contribution in [1.82, 2.24) is 0 Å². The summed E-state index contributed by atoms with van der Waals surface area (Å²) in [5, 5.41) is 11.1. The average Bonchev–Trinajstić information content (AvgIpc) is 2.64. The van der Waals surface area contributed by atoms with Crippen LogP contribution in [-0.4, -0.2) is 18.8 Å². The summed E-state index contributed by atoms with van der Waals surface area (Å²) in [5.74, 6) is 0.844. The highest BCUT2D eigenvalue weighted by atomic mass is 16.5. The smallest absolute Gasteiger partial charge is 0.119 e. The Labute approximate surface area is 144 Å². The molecular formula is C21H26O3. The van der Waals surface area contributed by atoms with Gasteiger partial charge in [-0.1, -0.05) is 42.5 Å². The highest BCUT2D eigenvalue weighted by molar-refractivity contribution is 5.32. The van der Waals surface area contributed by atoms with Gasteiger partial charge in [0.15, 0.2) is 0 Å². The van der Waals surface area contributed by atoms with Gasteiger partial charge in [0.25, 0.3) is 0 Å². The maximum Gasteiger partial charge on any atom is 0.119 e. The van der Waals surface area contributed by atoms with Crippen molar-refractivity contribution >= 4 is 0 Å². The van der Waals surface area contributed by atoms with Crippen molar-refractivity contribution in [2.24, 2.45) is 0 Å². The van der Waals surface area contributed by atoms with Crippen molar-refractivity contribution in [3.8, 4) is 5.75 Å². The molecule has 3 nitrogen and oxygen atoms in total. The van der Waals surface area contributed by atoms with Gasteiger partial charge in [0.1, 0.15) is 5.75 Å². The predicted octanol–water partition coefficient (Wildman–Crippen LogP) is 4.39. The van der Waals surface area contributed by atoms with Crippen LogP contribution >= 0.6 is 0 Å². The molecule has 0 saturated heterocycles. The van der Waals surface area contributed by atoms with Crippen molar-refractivity contribution in [3.05, 3.63) is 65.7 Å². The van der Waals surface area contributed by atoms with Crippen LogP contribution in [0.5, 0.6) is 5.75 Å². The molecule has 2 aromatic carbocycles. The van der Waals surface area contributed by atoms with Gasteiger partial charge < -0.3 is 14.6 Å². The lowest BCUT2D eigenvalue weighted by molar-refractivity contribution is -0.108. The molecule has 0 unspecified atom stereocenters. The lowest BCUT2D eigenvalue weighted by atomic mass is 9.70. The van der Waals surface area contributed by atoms with E-state index in [4.69, 9.17) is 9.47 Å². The molecule has 0 aromatic heterocycles. The Kier molecular flexibility index (Phi) is 4.93. The monoisotopic (exact) mass is 326 g/mol. The normalized spacial score (nSPS) is 27.0. The summed E-state index contributed by atoms with van der Waals surface area (Å²) in [7, 11) is 1.77. The average molecular weight is 326 g/mol. The van der Waals surface area contributed by atoms with Gasteiger partial charge in [-0.2, -0.15) is 0 Å². The Morgan fingerprint density at radius 3 is 2.04 bits per heavy atom. The van der Waals surface area contributed by atoms with Gasteiger partial charge in [0.05, 0.1) is 17.8 Å². The Hall–Kier alpha value is -1.84. The van der Waals surface area contributed by atoms with Crippen molar-refractivity contribution in [1.29, 1.82) is 0 Å². The SMILES string of the molecule is CCOc1ccc(C2(O)CCC(OC)(c3ccccc3)CC2)cc1. The molecule has 1 saturated carbocycles. The molecule has 0 radical (unpaired) electrons. The van der Waals surface area contributed by atoms with Gasteiger partial charge in [-0.15, -0.1) is 0 Å². The number of aliphatic hydroxyl groups is 1. The van der Waals surface area contributed by atoms with Crippen LogP contribution in [0.2, 0.25) is 0 Å². The number of benzene rings is 2. The molecule has 1 fully saturated rings. The lowest BCUT2D eigenvalue weighted by Crippen LogP contribution is -2.40. The summed E-state index contributed by atoms with van der Waals surface area (Å²) in [6.07, 6.45) is 2.97. The molecule has 0 spiro atoms. The van der Waals surface area contributed by atoms with E-state index >= 15 is 0 Å². The van der Waals surface area contributed by atoms with E-state index in [1.54, 1.807) is 7.11 Å². The number of hydrogen-bond acceptors (Lipinski definition) is 3. The van der Waals surface area contributed by atoms with E-state index in [2.05, 4.69) is 12.1 Å². The molecule has 2 aromatic rings. The molecule has 0 bridgehead atoms. The topological polar surface area (TPSA) is 38.7 Å². The van der Waals surface area contributed by atoms with E-state index in [1.807, 2.05) is 49.4 Å². The summed E-state index contributed by atoms with van der Waals surface area (Å²) in [4.78, 5) is 0. The summed E-state index contributed by atoms with van der Waals surface area (Å²) >= 11 is 0. The first kappa shape index (κ1) is 17.0. The summed E-state index contributed by atoms with van der Waals surface area (Å²) in [5.41, 5.74) is 1.07. The first-order valence-corrected chi connectivity index (χ1v) is 8.68. The van der Waals surface area contributed by atoms with Crippen LogP contribution in [0.25, 0.3) is 0 Å². The van der Waals surface area contributed by atoms with E-state index in [0.29, 0.717) is 19.4 Å². The Morgan fingerprint density at radius 1 is 0.875 bits per heavy atom. The quantitative estimate of drug-likeness (QED) is 0.885. The third-order valence-corrected chi connectivity index (χ3v) is 5.28. The van der Waals surface area contributed by atoms with Crippen molar-refractivity contribution in [2.75, 3.05) is 13.7 Å². The largest absolute Gasteiger partial charge is 0.494 e. The van der Waals surface area contributed by atoms with E-state index in [1.165, 1.54) is 5.56 Å². The van der Waals surface area contributed by atoms with E-state index in [0.717, 1.165) is 24.2 Å². The van der Waals surface area contributed by atoms with Gasteiger partial charge >= 0.3 is 0 Å². The molecule has 128 valence electrons. The lowest BCUT2D eigenvalue weighted by Gasteiger charge is -2.43. The van der Waals surface area contributed by atoms with Crippen LogP contribution in [0.15, 0.2) is 54.6 Å². The van der Waals surface area contributed by atoms with E-state index in [-0.39, 0.29) is 5.60 Å². The highest BCUT2D eigenvalue weighted by Gasteiger charge is 2.43. The third-order valence-electron chi connectivity index (χ3n) is 5.28. The fraction of sp³-hybridized carbons (Fsp3) is 0.429. The zero-order valence-electron chi connectivity index (χ0n) is 14.5. The third kappa shape index (κ3) is 3.19. The predicted molar refractivity (Wildman–Crippen MR) is 95.1 cm³/mol. The van der Waals surface area contributed by atoms with Crippen molar-refractivity contribution < 1.29 is 14.6 Å². The van der Waals surface area contributed by atoms with Gasteiger partial charge in [0, 0.05) is 7.11 Å². The molecule has 0 amide bonds. The highest BCUT2D eigenvalue weighted by Crippen LogP contribution is 2.47. The van der Waals surface area contributed by atoms with Crippen LogP contribution in [-0.2, 0) is 15.9 Å². The minimum Gasteiger partial charge on any atom is -0.494 e. The second kappa shape index (κ2) is 6.96. The van der Waals surface area contributed by atoms with E-state index in [9.17, 15) is 5.11 Å². The van der Waals surface area contributed by atoms with Crippen LogP contribution in [0.1, 0.15) is 43.7 Å². The van der Waals surface area contributed by atoms with Crippen LogP contribution in [0, 0.1) is 0 Å². The Balaban J connectivity index is 1.77. The van der Waals surface area contributed by atoms with Crippen LogP contribution in [0.3, 0.4) is 0 Å². The molecule has 0 heterocycles. The number of ether oxygens (including phenoxy) is 2. The molecule has 0 aliphatic heterocycles. The van der Waals surface area contributed by atoms with Gasteiger partial charge in [-0.25, -0.2) is 0 Å². The van der Waals surface area contributed by atoms with Gasteiger partial charge in [-0.05, 0) is 55.9 Å². The molecule has 1 N–H and O–H groups in total. The number of hydrogen-bond donors (Lipinski definition) is 1. The Bertz CT molecular complexity index is 641. The van der Waals surface area contributed by atoms with Crippen molar-refractivity contribution in [3.63, 3.8) is 0 Å². The minimum atomic E-state index is -0.790. The molecule has 0 atom stereocenters. The zero-order chi connectivity index (χ0) is 17.0. The number of methoxy groups -OCH3 is 1. The second-order valence-electron chi connectivity index (χ2n) is 6.55. The van der Waals surface area contributed by atoms with Gasteiger partial charge in [0.2, 0.25) is 0 Å². The molecule has 1 aliphatic carbocycles. The van der Waals surface area contributed by atoms with E-state index < -0.39 is 5.60 Å². The first-order valence-electron chi connectivity index (χ1n) is 8.68.